The summed E-state index contributed by atoms with van der Waals surface area (Å²) in [6.45, 7) is 0. The van der Waals surface area contributed by atoms with Crippen molar-refractivity contribution in [2.75, 3.05) is 0 Å². The molecule has 0 aromatic carbocycles. The van der Waals surface area contributed by atoms with Crippen molar-refractivity contribution < 1.29 is 14.7 Å². The van der Waals surface area contributed by atoms with Gasteiger partial charge in [-0.05, 0) is 19.3 Å². The Balaban J connectivity index is 2.02. The van der Waals surface area contributed by atoms with Gasteiger partial charge in [-0.3, -0.25) is 9.59 Å². The van der Waals surface area contributed by atoms with Gasteiger partial charge < -0.3 is 14.6 Å². The first kappa shape index (κ1) is 12.2. The van der Waals surface area contributed by atoms with Gasteiger partial charge in [-0.1, -0.05) is 0 Å². The maximum atomic E-state index is 12.2. The Kier molecular flexibility index (Phi) is 2.80. The molecular weight excluding hydrogens is 246 g/mol. The van der Waals surface area contributed by atoms with E-state index in [0.29, 0.717) is 12.8 Å². The van der Waals surface area contributed by atoms with Crippen LogP contribution in [0.3, 0.4) is 0 Å². The zero-order valence-corrected chi connectivity index (χ0v) is 10.8. The number of aromatic nitrogens is 2. The Morgan fingerprint density at radius 1 is 1.42 bits per heavy atom. The molecule has 1 aromatic heterocycles. The maximum absolute atomic E-state index is 12.2. The minimum atomic E-state index is -0.829. The van der Waals surface area contributed by atoms with Crippen molar-refractivity contribution in [3.05, 3.63) is 18.2 Å². The quantitative estimate of drug-likeness (QED) is 0.880. The van der Waals surface area contributed by atoms with Gasteiger partial charge in [0.05, 0.1) is 30.2 Å². The van der Waals surface area contributed by atoms with E-state index in [4.69, 9.17) is 0 Å². The number of rotatable bonds is 3. The standard InChI is InChI=1S/C13H17N3O3/c1-15-7-14-6-10(15)12-9(13(18)19)4-5-11(17)16(12)8-2-3-8/h6-9,12H,2-5H2,1H3,(H,18,19). The molecule has 1 amide bonds. The van der Waals surface area contributed by atoms with Crippen LogP contribution < -0.4 is 0 Å². The Morgan fingerprint density at radius 2 is 2.16 bits per heavy atom. The van der Waals surface area contributed by atoms with Crippen LogP contribution in [-0.4, -0.2) is 37.5 Å². The van der Waals surface area contributed by atoms with E-state index in [1.54, 1.807) is 17.4 Å². The number of likely N-dealkylation sites (tertiary alicyclic amines) is 1. The second kappa shape index (κ2) is 4.36. The van der Waals surface area contributed by atoms with Crippen molar-refractivity contribution in [2.45, 2.75) is 37.8 Å². The fourth-order valence-electron chi connectivity index (χ4n) is 2.96. The lowest BCUT2D eigenvalue weighted by molar-refractivity contribution is -0.152. The number of hydrogen-bond acceptors (Lipinski definition) is 3. The zero-order chi connectivity index (χ0) is 13.6. The first-order chi connectivity index (χ1) is 9.09. The summed E-state index contributed by atoms with van der Waals surface area (Å²) in [5, 5.41) is 9.44. The Bertz CT molecular complexity index is 521. The molecule has 0 spiro atoms. The first-order valence-electron chi connectivity index (χ1n) is 6.59. The summed E-state index contributed by atoms with van der Waals surface area (Å²) < 4.78 is 1.81. The molecule has 6 nitrogen and oxygen atoms in total. The predicted molar refractivity (Wildman–Crippen MR) is 66.2 cm³/mol. The van der Waals surface area contributed by atoms with Crippen LogP contribution in [0, 0.1) is 5.92 Å². The lowest BCUT2D eigenvalue weighted by atomic mass is 9.86. The molecule has 1 saturated carbocycles. The first-order valence-corrected chi connectivity index (χ1v) is 6.59. The molecule has 1 aromatic rings. The molecule has 102 valence electrons. The summed E-state index contributed by atoms with van der Waals surface area (Å²) in [6, 6.07) is -0.159. The van der Waals surface area contributed by atoms with Crippen LogP contribution in [0.5, 0.6) is 0 Å². The fourth-order valence-corrected chi connectivity index (χ4v) is 2.96. The number of aliphatic carboxylic acids is 1. The van der Waals surface area contributed by atoms with Gasteiger partial charge in [0.1, 0.15) is 0 Å². The number of aryl methyl sites for hydroxylation is 1. The number of hydrogen-bond donors (Lipinski definition) is 1. The van der Waals surface area contributed by atoms with E-state index >= 15 is 0 Å². The Morgan fingerprint density at radius 3 is 2.68 bits per heavy atom. The van der Waals surface area contributed by atoms with Crippen molar-refractivity contribution in [2.24, 2.45) is 13.0 Å². The van der Waals surface area contributed by atoms with Crippen molar-refractivity contribution >= 4 is 11.9 Å². The monoisotopic (exact) mass is 263 g/mol. The Hall–Kier alpha value is -1.85. The number of carboxylic acids is 1. The van der Waals surface area contributed by atoms with Crippen molar-refractivity contribution in [1.82, 2.24) is 14.5 Å². The van der Waals surface area contributed by atoms with Crippen LogP contribution in [0.2, 0.25) is 0 Å². The van der Waals surface area contributed by atoms with Crippen LogP contribution >= 0.6 is 0 Å². The summed E-state index contributed by atoms with van der Waals surface area (Å²) in [4.78, 5) is 29.5. The van der Waals surface area contributed by atoms with Crippen LogP contribution in [-0.2, 0) is 16.6 Å². The van der Waals surface area contributed by atoms with E-state index in [-0.39, 0.29) is 18.0 Å². The molecule has 2 heterocycles. The number of carbonyl (C=O) groups is 2. The maximum Gasteiger partial charge on any atom is 0.309 e. The lowest BCUT2D eigenvalue weighted by Gasteiger charge is -2.39. The van der Waals surface area contributed by atoms with Gasteiger partial charge >= 0.3 is 5.97 Å². The summed E-state index contributed by atoms with van der Waals surface area (Å²) in [5.41, 5.74) is 0.812. The molecular formula is C13H17N3O3. The molecule has 2 atom stereocenters. The number of piperidine rings is 1. The van der Waals surface area contributed by atoms with E-state index in [2.05, 4.69) is 4.98 Å². The number of carbonyl (C=O) groups excluding carboxylic acids is 1. The molecule has 1 N–H and O–H groups in total. The number of nitrogens with zero attached hydrogens (tertiary/aromatic N) is 3. The van der Waals surface area contributed by atoms with Gasteiger partial charge in [-0.2, -0.15) is 0 Å². The largest absolute Gasteiger partial charge is 0.481 e. The van der Waals surface area contributed by atoms with Gasteiger partial charge in [0.15, 0.2) is 0 Å². The van der Waals surface area contributed by atoms with Gasteiger partial charge in [0.25, 0.3) is 0 Å². The molecule has 19 heavy (non-hydrogen) atoms. The van der Waals surface area contributed by atoms with Crippen LogP contribution in [0.1, 0.15) is 37.4 Å². The summed E-state index contributed by atoms with van der Waals surface area (Å²) in [5.74, 6) is -1.29. The van der Waals surface area contributed by atoms with Crippen LogP contribution in [0.4, 0.5) is 0 Å². The van der Waals surface area contributed by atoms with E-state index in [1.807, 2.05) is 11.6 Å². The summed E-state index contributed by atoms with van der Waals surface area (Å²) in [7, 11) is 1.84. The highest BCUT2D eigenvalue weighted by Gasteiger charge is 2.47. The van der Waals surface area contributed by atoms with Gasteiger partial charge in [0, 0.05) is 19.5 Å². The third-order valence-corrected chi connectivity index (χ3v) is 4.05. The molecule has 2 unspecified atom stereocenters. The van der Waals surface area contributed by atoms with Gasteiger partial charge in [-0.25, -0.2) is 4.98 Å². The van der Waals surface area contributed by atoms with Crippen molar-refractivity contribution in [3.63, 3.8) is 0 Å². The topological polar surface area (TPSA) is 75.4 Å². The number of imidazole rings is 1. The summed E-state index contributed by atoms with van der Waals surface area (Å²) in [6.07, 6.45) is 6.03. The number of carboxylic acid groups (broad SMARTS) is 1. The van der Waals surface area contributed by atoms with Gasteiger partial charge in [-0.15, -0.1) is 0 Å². The lowest BCUT2D eigenvalue weighted by Crippen LogP contribution is -2.47. The smallest absolute Gasteiger partial charge is 0.309 e. The summed E-state index contributed by atoms with van der Waals surface area (Å²) >= 11 is 0. The molecule has 0 radical (unpaired) electrons. The van der Waals surface area contributed by atoms with E-state index < -0.39 is 11.9 Å². The molecule has 1 aliphatic carbocycles. The van der Waals surface area contributed by atoms with Gasteiger partial charge in [0.2, 0.25) is 5.91 Å². The number of amides is 1. The van der Waals surface area contributed by atoms with E-state index in [0.717, 1.165) is 18.5 Å². The highest BCUT2D eigenvalue weighted by Crippen LogP contribution is 2.43. The van der Waals surface area contributed by atoms with E-state index in [9.17, 15) is 14.7 Å². The SMILES string of the molecule is Cn1cncc1C1C(C(=O)O)CCC(=O)N1C1CC1. The fraction of sp³-hybridized carbons (Fsp3) is 0.615. The highest BCUT2D eigenvalue weighted by molar-refractivity contribution is 5.82. The molecule has 1 aliphatic heterocycles. The molecule has 2 fully saturated rings. The average Bonchev–Trinajstić information content (AvgIpc) is 3.10. The minimum absolute atomic E-state index is 0.0752. The van der Waals surface area contributed by atoms with Crippen LogP contribution in [0.25, 0.3) is 0 Å². The second-order valence-electron chi connectivity index (χ2n) is 5.39. The Labute approximate surface area is 111 Å². The predicted octanol–water partition coefficient (Wildman–Crippen LogP) is 0.947. The molecule has 2 aliphatic rings. The minimum Gasteiger partial charge on any atom is -0.481 e. The molecule has 6 heteroatoms. The zero-order valence-electron chi connectivity index (χ0n) is 10.8. The van der Waals surface area contributed by atoms with Crippen LogP contribution in [0.15, 0.2) is 12.5 Å². The average molecular weight is 263 g/mol. The van der Waals surface area contributed by atoms with E-state index in [1.165, 1.54) is 0 Å². The molecule has 3 rings (SSSR count). The van der Waals surface area contributed by atoms with Crippen molar-refractivity contribution in [1.29, 1.82) is 0 Å². The second-order valence-corrected chi connectivity index (χ2v) is 5.39. The van der Waals surface area contributed by atoms with Crippen molar-refractivity contribution in [3.8, 4) is 0 Å². The molecule has 0 bridgehead atoms. The normalized spacial score (nSPS) is 27.6. The molecule has 1 saturated heterocycles. The highest BCUT2D eigenvalue weighted by atomic mass is 16.4. The third-order valence-electron chi connectivity index (χ3n) is 4.05. The third kappa shape index (κ3) is 2.01.